The maximum Gasteiger partial charge on any atom is 0.240 e. The van der Waals surface area contributed by atoms with Crippen molar-refractivity contribution in [3.63, 3.8) is 0 Å². The van der Waals surface area contributed by atoms with E-state index in [4.69, 9.17) is 4.74 Å². The molecule has 1 aliphatic heterocycles. The number of carbonyl (C=O) groups excluding carboxylic acids is 1. The first-order valence-corrected chi connectivity index (χ1v) is 5.20. The van der Waals surface area contributed by atoms with E-state index in [1.54, 1.807) is 24.3 Å². The molecule has 1 aromatic rings. The molecule has 0 atom stereocenters. The quantitative estimate of drug-likeness (QED) is 0.568. The number of ether oxygens (including phenoxy) is 1. The number of alkyl halides is 1. The number of aliphatic imine (C=N–C) groups is 1. The maximum absolute atomic E-state index is 14.4. The highest BCUT2D eigenvalue weighted by Gasteiger charge is 2.33. The molecule has 1 saturated heterocycles. The lowest BCUT2D eigenvalue weighted by atomic mass is 9.88. The molecule has 0 amide bonds. The van der Waals surface area contributed by atoms with Crippen molar-refractivity contribution in [2.24, 2.45) is 4.99 Å². The standard InChI is InChI=1S/C12H12FNO2/c13-12(5-7-16-8-6-12)10-1-3-11(4-2-10)14-9-15/h1-4H,5-8H2. The van der Waals surface area contributed by atoms with Crippen LogP contribution in [0, 0.1) is 0 Å². The number of halogens is 1. The molecule has 3 nitrogen and oxygen atoms in total. The van der Waals surface area contributed by atoms with Crippen LogP contribution in [0.15, 0.2) is 29.3 Å². The third-order valence-corrected chi connectivity index (χ3v) is 2.84. The minimum absolute atomic E-state index is 0.378. The van der Waals surface area contributed by atoms with Crippen LogP contribution in [0.1, 0.15) is 18.4 Å². The number of hydrogen-bond donors (Lipinski definition) is 0. The van der Waals surface area contributed by atoms with Crippen molar-refractivity contribution in [2.45, 2.75) is 18.5 Å². The first-order chi connectivity index (χ1) is 7.74. The lowest BCUT2D eigenvalue weighted by Gasteiger charge is -2.29. The van der Waals surface area contributed by atoms with Crippen molar-refractivity contribution in [2.75, 3.05) is 13.2 Å². The minimum Gasteiger partial charge on any atom is -0.381 e. The Kier molecular flexibility index (Phi) is 3.13. The lowest BCUT2D eigenvalue weighted by molar-refractivity contribution is -0.0114. The van der Waals surface area contributed by atoms with Gasteiger partial charge in [0, 0.05) is 26.1 Å². The molecule has 1 aliphatic rings. The molecule has 1 heterocycles. The molecule has 16 heavy (non-hydrogen) atoms. The average molecular weight is 221 g/mol. The Morgan fingerprint density at radius 1 is 1.25 bits per heavy atom. The van der Waals surface area contributed by atoms with Crippen LogP contribution in [-0.2, 0) is 15.2 Å². The number of rotatable bonds is 2. The minimum atomic E-state index is -1.30. The summed E-state index contributed by atoms with van der Waals surface area (Å²) in [6.07, 6.45) is 2.21. The summed E-state index contributed by atoms with van der Waals surface area (Å²) in [5.41, 5.74) is -0.183. The van der Waals surface area contributed by atoms with Crippen LogP contribution < -0.4 is 0 Å². The van der Waals surface area contributed by atoms with Gasteiger partial charge in [-0.05, 0) is 17.7 Å². The van der Waals surface area contributed by atoms with Crippen molar-refractivity contribution < 1.29 is 13.9 Å². The second-order valence-electron chi connectivity index (χ2n) is 3.83. The number of isocyanates is 1. The number of nitrogens with zero attached hydrogens (tertiary/aromatic N) is 1. The van der Waals surface area contributed by atoms with Crippen LogP contribution >= 0.6 is 0 Å². The molecular formula is C12H12FNO2. The summed E-state index contributed by atoms with van der Waals surface area (Å²) in [4.78, 5) is 13.5. The van der Waals surface area contributed by atoms with Crippen LogP contribution in [0.2, 0.25) is 0 Å². The molecule has 0 unspecified atom stereocenters. The van der Waals surface area contributed by atoms with E-state index in [9.17, 15) is 9.18 Å². The van der Waals surface area contributed by atoms with Gasteiger partial charge in [-0.2, -0.15) is 4.99 Å². The highest BCUT2D eigenvalue weighted by molar-refractivity contribution is 5.49. The van der Waals surface area contributed by atoms with Crippen molar-refractivity contribution in [1.29, 1.82) is 0 Å². The molecule has 84 valence electrons. The van der Waals surface area contributed by atoms with Gasteiger partial charge >= 0.3 is 0 Å². The molecule has 0 saturated carbocycles. The summed E-state index contributed by atoms with van der Waals surface area (Å²) in [6, 6.07) is 6.58. The van der Waals surface area contributed by atoms with Gasteiger partial charge < -0.3 is 4.74 Å². The Morgan fingerprint density at radius 2 is 1.88 bits per heavy atom. The molecule has 0 bridgehead atoms. The fraction of sp³-hybridized carbons (Fsp3) is 0.417. The Labute approximate surface area is 93.0 Å². The summed E-state index contributed by atoms with van der Waals surface area (Å²) in [5, 5.41) is 0. The predicted octanol–water partition coefficient (Wildman–Crippen LogP) is 2.63. The fourth-order valence-corrected chi connectivity index (χ4v) is 1.87. The summed E-state index contributed by atoms with van der Waals surface area (Å²) in [5.74, 6) is 0. The molecular weight excluding hydrogens is 209 g/mol. The Hall–Kier alpha value is -1.51. The van der Waals surface area contributed by atoms with Gasteiger partial charge in [-0.3, -0.25) is 0 Å². The highest BCUT2D eigenvalue weighted by Crippen LogP contribution is 2.36. The van der Waals surface area contributed by atoms with E-state index < -0.39 is 5.67 Å². The van der Waals surface area contributed by atoms with Crippen LogP contribution in [0.3, 0.4) is 0 Å². The van der Waals surface area contributed by atoms with Crippen LogP contribution in [0.5, 0.6) is 0 Å². The first kappa shape index (κ1) is 11.0. The summed E-state index contributed by atoms with van der Waals surface area (Å²) in [7, 11) is 0. The zero-order chi connectivity index (χ0) is 11.4. The lowest BCUT2D eigenvalue weighted by Crippen LogP contribution is -2.29. The zero-order valence-electron chi connectivity index (χ0n) is 8.78. The monoisotopic (exact) mass is 221 g/mol. The topological polar surface area (TPSA) is 38.7 Å². The third kappa shape index (κ3) is 2.18. The smallest absolute Gasteiger partial charge is 0.240 e. The molecule has 0 aliphatic carbocycles. The number of benzene rings is 1. The van der Waals surface area contributed by atoms with Crippen LogP contribution in [0.25, 0.3) is 0 Å². The average Bonchev–Trinajstić information content (AvgIpc) is 2.31. The molecule has 4 heteroatoms. The highest BCUT2D eigenvalue weighted by atomic mass is 19.1. The van der Waals surface area contributed by atoms with Gasteiger partial charge in [0.15, 0.2) is 0 Å². The van der Waals surface area contributed by atoms with Crippen LogP contribution in [-0.4, -0.2) is 19.3 Å². The molecule has 0 aromatic heterocycles. The van der Waals surface area contributed by atoms with E-state index in [1.165, 1.54) is 6.08 Å². The van der Waals surface area contributed by atoms with Crippen molar-refractivity contribution in [1.82, 2.24) is 0 Å². The van der Waals surface area contributed by atoms with Crippen molar-refractivity contribution >= 4 is 11.8 Å². The van der Waals surface area contributed by atoms with E-state index in [1.807, 2.05) is 0 Å². The Bertz CT molecular complexity index is 404. The van der Waals surface area contributed by atoms with Gasteiger partial charge in [0.25, 0.3) is 0 Å². The second kappa shape index (κ2) is 4.56. The van der Waals surface area contributed by atoms with E-state index in [2.05, 4.69) is 4.99 Å². The molecule has 0 spiro atoms. The van der Waals surface area contributed by atoms with Gasteiger partial charge in [-0.1, -0.05) is 12.1 Å². The Balaban J connectivity index is 2.23. The van der Waals surface area contributed by atoms with E-state index in [0.717, 1.165) is 0 Å². The molecule has 1 fully saturated rings. The second-order valence-corrected chi connectivity index (χ2v) is 3.83. The molecule has 1 aromatic carbocycles. The van der Waals surface area contributed by atoms with Gasteiger partial charge in [0.2, 0.25) is 6.08 Å². The van der Waals surface area contributed by atoms with E-state index in [-0.39, 0.29) is 0 Å². The summed E-state index contributed by atoms with van der Waals surface area (Å²) < 4.78 is 19.6. The molecule has 2 rings (SSSR count). The largest absolute Gasteiger partial charge is 0.381 e. The first-order valence-electron chi connectivity index (χ1n) is 5.20. The predicted molar refractivity (Wildman–Crippen MR) is 57.1 cm³/mol. The normalized spacial score (nSPS) is 18.8. The fourth-order valence-electron chi connectivity index (χ4n) is 1.87. The van der Waals surface area contributed by atoms with Crippen LogP contribution in [0.4, 0.5) is 10.1 Å². The Morgan fingerprint density at radius 3 is 2.44 bits per heavy atom. The summed E-state index contributed by atoms with van der Waals surface area (Å²) >= 11 is 0. The van der Waals surface area contributed by atoms with Gasteiger partial charge in [0.05, 0.1) is 5.69 Å². The van der Waals surface area contributed by atoms with Gasteiger partial charge in [-0.25, -0.2) is 9.18 Å². The van der Waals surface area contributed by atoms with Crippen molar-refractivity contribution in [3.05, 3.63) is 29.8 Å². The zero-order valence-corrected chi connectivity index (χ0v) is 8.78. The number of hydrogen-bond acceptors (Lipinski definition) is 3. The van der Waals surface area contributed by atoms with Crippen molar-refractivity contribution in [3.8, 4) is 0 Å². The SMILES string of the molecule is O=C=Nc1ccc(C2(F)CCOCC2)cc1. The maximum atomic E-state index is 14.4. The van der Waals surface area contributed by atoms with Gasteiger partial charge in [-0.15, -0.1) is 0 Å². The molecule has 0 N–H and O–H groups in total. The van der Waals surface area contributed by atoms with Gasteiger partial charge in [0.1, 0.15) is 5.67 Å². The third-order valence-electron chi connectivity index (χ3n) is 2.84. The summed E-state index contributed by atoms with van der Waals surface area (Å²) in [6.45, 7) is 0.898. The van der Waals surface area contributed by atoms with E-state index in [0.29, 0.717) is 37.3 Å². The van der Waals surface area contributed by atoms with E-state index >= 15 is 0 Å². The molecule has 0 radical (unpaired) electrons.